The Labute approximate surface area is 182 Å². The Morgan fingerprint density at radius 2 is 1.88 bits per heavy atom. The molecule has 0 atom stereocenters. The van der Waals surface area contributed by atoms with E-state index in [4.69, 9.17) is 14.6 Å². The van der Waals surface area contributed by atoms with Crippen molar-refractivity contribution in [3.63, 3.8) is 0 Å². The first-order chi connectivity index (χ1) is 15.1. The summed E-state index contributed by atoms with van der Waals surface area (Å²) in [5.74, 6) is -3.96. The molecule has 1 aromatic carbocycles. The number of rotatable bonds is 8. The maximum absolute atomic E-state index is 14.3. The van der Waals surface area contributed by atoms with Crippen LogP contribution in [-0.4, -0.2) is 27.5 Å². The van der Waals surface area contributed by atoms with Gasteiger partial charge < -0.3 is 14.6 Å². The molecule has 32 heavy (non-hydrogen) atoms. The number of carboxylic acids is 1. The first-order valence-corrected chi connectivity index (χ1v) is 9.76. The number of carbonyl (C=O) groups is 1. The highest BCUT2D eigenvalue weighted by molar-refractivity contribution is 7.06. The molecule has 0 saturated carbocycles. The van der Waals surface area contributed by atoms with Crippen LogP contribution in [-0.2, 0) is 24.0 Å². The Morgan fingerprint density at radius 3 is 2.41 bits per heavy atom. The van der Waals surface area contributed by atoms with Crippen LogP contribution in [0.4, 0.5) is 22.0 Å². The minimum absolute atomic E-state index is 0.0750. The SMILES string of the molecule is COc1ccc(-c2nsc(C(F)(F)F)c2COc2c(F)cc(CCC(=O)O)cc2F)nc1. The monoisotopic (exact) mass is 474 g/mol. The number of nitrogens with zero attached hydrogens (tertiary/aromatic N) is 2. The van der Waals surface area contributed by atoms with Crippen LogP contribution >= 0.6 is 11.5 Å². The number of aryl methyl sites for hydroxylation is 1. The summed E-state index contributed by atoms with van der Waals surface area (Å²) in [5, 5.41) is 8.68. The second-order valence-corrected chi connectivity index (χ2v) is 7.26. The summed E-state index contributed by atoms with van der Waals surface area (Å²) in [6.07, 6.45) is -3.93. The molecule has 0 amide bonds. The molecule has 2 heterocycles. The van der Waals surface area contributed by atoms with Gasteiger partial charge in [0.2, 0.25) is 0 Å². The van der Waals surface area contributed by atoms with E-state index < -0.39 is 46.6 Å². The third-order valence-electron chi connectivity index (χ3n) is 4.31. The lowest BCUT2D eigenvalue weighted by Gasteiger charge is -2.12. The van der Waals surface area contributed by atoms with E-state index in [0.29, 0.717) is 5.75 Å². The average molecular weight is 474 g/mol. The quantitative estimate of drug-likeness (QED) is 0.457. The van der Waals surface area contributed by atoms with Gasteiger partial charge in [0.15, 0.2) is 17.4 Å². The van der Waals surface area contributed by atoms with E-state index in [1.807, 2.05) is 0 Å². The van der Waals surface area contributed by atoms with Gasteiger partial charge in [-0.2, -0.15) is 17.5 Å². The summed E-state index contributed by atoms with van der Waals surface area (Å²) in [6.45, 7) is -0.823. The van der Waals surface area contributed by atoms with E-state index in [-0.39, 0.29) is 41.3 Å². The lowest BCUT2D eigenvalue weighted by molar-refractivity contribution is -0.137. The smallest absolute Gasteiger partial charge is 0.427 e. The topological polar surface area (TPSA) is 81.5 Å². The van der Waals surface area contributed by atoms with Gasteiger partial charge in [-0.15, -0.1) is 0 Å². The Hall–Kier alpha value is -3.28. The van der Waals surface area contributed by atoms with Crippen LogP contribution in [0.25, 0.3) is 11.4 Å². The highest BCUT2D eigenvalue weighted by Crippen LogP contribution is 2.40. The molecule has 0 saturated heterocycles. The van der Waals surface area contributed by atoms with Crippen molar-refractivity contribution in [2.75, 3.05) is 7.11 Å². The molecule has 0 aliphatic carbocycles. The van der Waals surface area contributed by atoms with Crippen molar-refractivity contribution in [2.24, 2.45) is 0 Å². The zero-order valence-electron chi connectivity index (χ0n) is 16.4. The average Bonchev–Trinajstić information content (AvgIpc) is 3.16. The molecule has 0 radical (unpaired) electrons. The molecule has 3 rings (SSSR count). The van der Waals surface area contributed by atoms with E-state index in [9.17, 15) is 26.7 Å². The molecule has 0 aliphatic heterocycles. The summed E-state index contributed by atoms with van der Waals surface area (Å²) in [5.41, 5.74) is -0.384. The molecule has 12 heteroatoms. The van der Waals surface area contributed by atoms with Crippen LogP contribution in [0.1, 0.15) is 22.4 Å². The Morgan fingerprint density at radius 1 is 1.19 bits per heavy atom. The van der Waals surface area contributed by atoms with E-state index in [1.165, 1.54) is 25.4 Å². The normalized spacial score (nSPS) is 11.4. The number of hydrogen-bond acceptors (Lipinski definition) is 6. The minimum atomic E-state index is -4.77. The van der Waals surface area contributed by atoms with Crippen molar-refractivity contribution < 1.29 is 41.3 Å². The van der Waals surface area contributed by atoms with Gasteiger partial charge in [-0.05, 0) is 47.8 Å². The van der Waals surface area contributed by atoms with E-state index in [1.54, 1.807) is 0 Å². The van der Waals surface area contributed by atoms with Crippen LogP contribution in [0.3, 0.4) is 0 Å². The molecular weight excluding hydrogens is 459 g/mol. The van der Waals surface area contributed by atoms with Crippen LogP contribution < -0.4 is 9.47 Å². The van der Waals surface area contributed by atoms with E-state index in [0.717, 1.165) is 12.1 Å². The summed E-state index contributed by atoms with van der Waals surface area (Å²) in [6, 6.07) is 4.64. The number of ether oxygens (including phenoxy) is 2. The van der Waals surface area contributed by atoms with E-state index >= 15 is 0 Å². The Balaban J connectivity index is 1.91. The zero-order valence-corrected chi connectivity index (χ0v) is 17.2. The molecule has 0 bridgehead atoms. The summed E-state index contributed by atoms with van der Waals surface area (Å²) >= 11 is 0.174. The summed E-state index contributed by atoms with van der Waals surface area (Å²) in [7, 11) is 1.40. The zero-order chi connectivity index (χ0) is 23.5. The molecule has 6 nitrogen and oxygen atoms in total. The molecule has 0 unspecified atom stereocenters. The number of aromatic nitrogens is 2. The van der Waals surface area contributed by atoms with Crippen molar-refractivity contribution in [3.05, 3.63) is 58.1 Å². The lowest BCUT2D eigenvalue weighted by atomic mass is 10.1. The molecule has 0 fully saturated rings. The van der Waals surface area contributed by atoms with Gasteiger partial charge in [-0.25, -0.2) is 8.78 Å². The third kappa shape index (κ3) is 5.31. The maximum Gasteiger partial charge on any atom is 0.427 e. The minimum Gasteiger partial charge on any atom is -0.495 e. The number of carboxylic acid groups (broad SMARTS) is 1. The fourth-order valence-electron chi connectivity index (χ4n) is 2.80. The van der Waals surface area contributed by atoms with Crippen LogP contribution in [0.15, 0.2) is 30.5 Å². The third-order valence-corrected chi connectivity index (χ3v) is 5.24. The molecule has 3 aromatic rings. The van der Waals surface area contributed by atoms with Crippen molar-refractivity contribution in [3.8, 4) is 22.9 Å². The number of hydrogen-bond donors (Lipinski definition) is 1. The van der Waals surface area contributed by atoms with Gasteiger partial charge in [0.05, 0.1) is 19.0 Å². The number of halogens is 5. The van der Waals surface area contributed by atoms with Gasteiger partial charge in [-0.1, -0.05) is 0 Å². The van der Waals surface area contributed by atoms with Crippen molar-refractivity contribution in [1.29, 1.82) is 0 Å². The summed E-state index contributed by atoms with van der Waals surface area (Å²) < 4.78 is 82.9. The maximum atomic E-state index is 14.3. The molecule has 2 aromatic heterocycles. The fourth-order valence-corrected chi connectivity index (χ4v) is 3.55. The van der Waals surface area contributed by atoms with Crippen molar-refractivity contribution in [1.82, 2.24) is 9.36 Å². The standard InChI is InChI=1S/C20H15F5N2O4S/c1-30-11-3-4-15(26-8-11)17-12(19(32-27-17)20(23,24)25)9-31-18-13(21)6-10(7-14(18)22)2-5-16(28)29/h3-4,6-8H,2,5,9H2,1H3,(H,28,29). The number of methoxy groups -OCH3 is 1. The molecular formula is C20H15F5N2O4S. The summed E-state index contributed by atoms with van der Waals surface area (Å²) in [4.78, 5) is 13.6. The van der Waals surface area contributed by atoms with E-state index in [2.05, 4.69) is 9.36 Å². The predicted octanol–water partition coefficient (Wildman–Crippen LogP) is 5.11. The number of alkyl halides is 3. The number of aliphatic carboxylic acids is 1. The highest BCUT2D eigenvalue weighted by atomic mass is 32.1. The highest BCUT2D eigenvalue weighted by Gasteiger charge is 2.38. The lowest BCUT2D eigenvalue weighted by Crippen LogP contribution is -2.10. The van der Waals surface area contributed by atoms with Crippen molar-refractivity contribution >= 4 is 17.5 Å². The Bertz CT molecular complexity index is 1090. The van der Waals surface area contributed by atoms with Gasteiger partial charge in [0.1, 0.15) is 22.9 Å². The first kappa shape index (κ1) is 23.4. The van der Waals surface area contributed by atoms with Gasteiger partial charge in [0, 0.05) is 12.0 Å². The largest absolute Gasteiger partial charge is 0.495 e. The molecule has 0 aliphatic rings. The fraction of sp³-hybridized carbons (Fsp3) is 0.250. The molecule has 170 valence electrons. The van der Waals surface area contributed by atoms with Gasteiger partial charge in [-0.3, -0.25) is 9.78 Å². The van der Waals surface area contributed by atoms with Crippen LogP contribution in [0.2, 0.25) is 0 Å². The molecule has 1 N–H and O–H groups in total. The first-order valence-electron chi connectivity index (χ1n) is 8.98. The molecule has 0 spiro atoms. The number of benzene rings is 1. The van der Waals surface area contributed by atoms with Crippen molar-refractivity contribution in [2.45, 2.75) is 25.6 Å². The van der Waals surface area contributed by atoms with Gasteiger partial charge in [0.25, 0.3) is 0 Å². The Kier molecular flexibility index (Phi) is 6.92. The van der Waals surface area contributed by atoms with Crippen LogP contribution in [0.5, 0.6) is 11.5 Å². The van der Waals surface area contributed by atoms with Gasteiger partial charge >= 0.3 is 12.1 Å². The second kappa shape index (κ2) is 9.47. The predicted molar refractivity (Wildman–Crippen MR) is 104 cm³/mol. The second-order valence-electron chi connectivity index (χ2n) is 6.49. The number of pyridine rings is 1. The van der Waals surface area contributed by atoms with Crippen LogP contribution in [0, 0.1) is 11.6 Å².